The summed E-state index contributed by atoms with van der Waals surface area (Å²) in [6, 6.07) is 3.09. The molecule has 0 aliphatic carbocycles. The van der Waals surface area contributed by atoms with Crippen molar-refractivity contribution < 1.29 is 15.0 Å². The van der Waals surface area contributed by atoms with Gasteiger partial charge in [-0.05, 0) is 26.0 Å². The SMILES string of the molecule is CC(C)(O)c1nc2cc(Cl)c(Cl)cc2n1CC(=O)O. The molecular formula is C12H12Cl2N2O3. The number of aliphatic carboxylic acids is 1. The molecule has 0 aliphatic heterocycles. The fraction of sp³-hybridized carbons (Fsp3) is 0.333. The molecule has 0 saturated heterocycles. The number of hydrogen-bond acceptors (Lipinski definition) is 3. The van der Waals surface area contributed by atoms with Crippen molar-refractivity contribution in [3.63, 3.8) is 0 Å². The molecule has 0 radical (unpaired) electrons. The largest absolute Gasteiger partial charge is 0.480 e. The summed E-state index contributed by atoms with van der Waals surface area (Å²) in [6.45, 7) is 2.76. The summed E-state index contributed by atoms with van der Waals surface area (Å²) in [4.78, 5) is 15.2. The lowest BCUT2D eigenvalue weighted by molar-refractivity contribution is -0.137. The number of nitrogens with zero attached hydrogens (tertiary/aromatic N) is 2. The van der Waals surface area contributed by atoms with E-state index in [1.165, 1.54) is 18.4 Å². The summed E-state index contributed by atoms with van der Waals surface area (Å²) in [6.07, 6.45) is 0. The second-order valence-corrected chi connectivity index (χ2v) is 5.54. The number of aliphatic hydroxyl groups is 1. The molecule has 0 saturated carbocycles. The number of carbonyl (C=O) groups is 1. The molecular weight excluding hydrogens is 291 g/mol. The number of benzene rings is 1. The lowest BCUT2D eigenvalue weighted by atomic mass is 10.1. The Morgan fingerprint density at radius 1 is 1.37 bits per heavy atom. The number of halogens is 2. The fourth-order valence-corrected chi connectivity index (χ4v) is 2.20. The summed E-state index contributed by atoms with van der Waals surface area (Å²) in [5, 5.41) is 19.7. The van der Waals surface area contributed by atoms with Gasteiger partial charge in [0.1, 0.15) is 18.0 Å². The maximum absolute atomic E-state index is 11.0. The van der Waals surface area contributed by atoms with Gasteiger partial charge in [-0.1, -0.05) is 23.2 Å². The van der Waals surface area contributed by atoms with Gasteiger partial charge in [-0.3, -0.25) is 4.79 Å². The van der Waals surface area contributed by atoms with Crippen molar-refractivity contribution in [1.82, 2.24) is 9.55 Å². The van der Waals surface area contributed by atoms with Crippen LogP contribution in [0.25, 0.3) is 11.0 Å². The second-order valence-electron chi connectivity index (χ2n) is 4.73. The van der Waals surface area contributed by atoms with E-state index in [0.29, 0.717) is 21.1 Å². The van der Waals surface area contributed by atoms with Crippen molar-refractivity contribution in [3.05, 3.63) is 28.0 Å². The fourth-order valence-electron chi connectivity index (χ4n) is 1.88. The Morgan fingerprint density at radius 2 is 1.95 bits per heavy atom. The number of fused-ring (bicyclic) bond motifs is 1. The number of hydrogen-bond donors (Lipinski definition) is 2. The molecule has 1 aromatic carbocycles. The molecule has 5 nitrogen and oxygen atoms in total. The molecule has 2 aromatic rings. The first-order valence-electron chi connectivity index (χ1n) is 5.50. The Bertz CT molecular complexity index is 659. The van der Waals surface area contributed by atoms with Gasteiger partial charge in [0.15, 0.2) is 0 Å². The molecule has 0 bridgehead atoms. The summed E-state index contributed by atoms with van der Waals surface area (Å²) in [7, 11) is 0. The van der Waals surface area contributed by atoms with Crippen LogP contribution < -0.4 is 0 Å². The lowest BCUT2D eigenvalue weighted by Crippen LogP contribution is -2.24. The summed E-state index contributed by atoms with van der Waals surface area (Å²) < 4.78 is 1.42. The zero-order valence-electron chi connectivity index (χ0n) is 10.3. The molecule has 1 aromatic heterocycles. The van der Waals surface area contributed by atoms with E-state index in [-0.39, 0.29) is 12.4 Å². The van der Waals surface area contributed by atoms with E-state index in [1.54, 1.807) is 12.1 Å². The van der Waals surface area contributed by atoms with Crippen LogP contribution in [0.3, 0.4) is 0 Å². The van der Waals surface area contributed by atoms with Crippen molar-refractivity contribution >= 4 is 40.2 Å². The first-order valence-corrected chi connectivity index (χ1v) is 6.25. The van der Waals surface area contributed by atoms with E-state index < -0.39 is 11.6 Å². The average molecular weight is 303 g/mol. The maximum Gasteiger partial charge on any atom is 0.323 e. The molecule has 0 fully saturated rings. The highest BCUT2D eigenvalue weighted by Crippen LogP contribution is 2.31. The van der Waals surface area contributed by atoms with Gasteiger partial charge < -0.3 is 14.8 Å². The van der Waals surface area contributed by atoms with Gasteiger partial charge in [0.05, 0.1) is 21.1 Å². The smallest absolute Gasteiger partial charge is 0.323 e. The highest BCUT2D eigenvalue weighted by molar-refractivity contribution is 6.42. The summed E-state index contributed by atoms with van der Waals surface area (Å²) in [5.41, 5.74) is -0.255. The van der Waals surface area contributed by atoms with Crippen molar-refractivity contribution in [3.8, 4) is 0 Å². The molecule has 0 unspecified atom stereocenters. The molecule has 2 rings (SSSR count). The van der Waals surface area contributed by atoms with E-state index in [2.05, 4.69) is 4.98 Å². The van der Waals surface area contributed by atoms with E-state index in [0.717, 1.165) is 0 Å². The summed E-state index contributed by atoms with van der Waals surface area (Å²) >= 11 is 11.8. The highest BCUT2D eigenvalue weighted by atomic mass is 35.5. The van der Waals surface area contributed by atoms with Crippen LogP contribution in [0.2, 0.25) is 10.0 Å². The molecule has 2 N–H and O–H groups in total. The number of rotatable bonds is 3. The van der Waals surface area contributed by atoms with Crippen LogP contribution in [0, 0.1) is 0 Å². The third kappa shape index (κ3) is 2.68. The Morgan fingerprint density at radius 3 is 2.47 bits per heavy atom. The molecule has 0 spiro atoms. The number of carboxylic acid groups (broad SMARTS) is 1. The molecule has 19 heavy (non-hydrogen) atoms. The van der Waals surface area contributed by atoms with Crippen LogP contribution >= 0.6 is 23.2 Å². The first kappa shape index (κ1) is 14.1. The third-order valence-corrected chi connectivity index (χ3v) is 3.35. The Hall–Kier alpha value is -1.30. The van der Waals surface area contributed by atoms with Crippen molar-refractivity contribution in [2.45, 2.75) is 26.0 Å². The molecule has 0 atom stereocenters. The van der Waals surface area contributed by atoms with Crippen LogP contribution in [0.5, 0.6) is 0 Å². The van der Waals surface area contributed by atoms with Crippen LogP contribution in [-0.2, 0) is 16.9 Å². The van der Waals surface area contributed by atoms with Gasteiger partial charge in [0, 0.05) is 0 Å². The number of carboxylic acids is 1. The van der Waals surface area contributed by atoms with Gasteiger partial charge in [0.25, 0.3) is 0 Å². The minimum Gasteiger partial charge on any atom is -0.480 e. The molecule has 7 heteroatoms. The van der Waals surface area contributed by atoms with Crippen LogP contribution in [0.1, 0.15) is 19.7 Å². The average Bonchev–Trinajstić information content (AvgIpc) is 2.57. The lowest BCUT2D eigenvalue weighted by Gasteiger charge is -2.18. The van der Waals surface area contributed by atoms with E-state index in [1.807, 2.05) is 0 Å². The minimum absolute atomic E-state index is 0.253. The van der Waals surface area contributed by atoms with Crippen molar-refractivity contribution in [2.75, 3.05) is 0 Å². The Kier molecular flexibility index (Phi) is 3.47. The van der Waals surface area contributed by atoms with Gasteiger partial charge in [-0.15, -0.1) is 0 Å². The standard InChI is InChI=1S/C12H12Cl2N2O3/c1-12(2,19)11-15-8-3-6(13)7(14)4-9(8)16(11)5-10(17)18/h3-4,19H,5H2,1-2H3,(H,17,18). The predicted molar refractivity (Wildman–Crippen MR) is 72.6 cm³/mol. The zero-order chi connectivity index (χ0) is 14.4. The minimum atomic E-state index is -1.27. The summed E-state index contributed by atoms with van der Waals surface area (Å²) in [5.74, 6) is -0.779. The normalized spacial score (nSPS) is 12.1. The maximum atomic E-state index is 11.0. The predicted octanol–water partition coefficient (Wildman–Crippen LogP) is 2.66. The number of aromatic nitrogens is 2. The number of imidazole rings is 1. The molecule has 0 aliphatic rings. The first-order chi connectivity index (χ1) is 8.70. The Balaban J connectivity index is 2.77. The van der Waals surface area contributed by atoms with Gasteiger partial charge >= 0.3 is 5.97 Å². The molecule has 1 heterocycles. The van der Waals surface area contributed by atoms with Crippen molar-refractivity contribution in [1.29, 1.82) is 0 Å². The van der Waals surface area contributed by atoms with E-state index in [4.69, 9.17) is 28.3 Å². The monoisotopic (exact) mass is 302 g/mol. The molecule has 102 valence electrons. The topological polar surface area (TPSA) is 75.4 Å². The van der Waals surface area contributed by atoms with E-state index in [9.17, 15) is 9.90 Å². The Labute approximate surface area is 119 Å². The van der Waals surface area contributed by atoms with Crippen LogP contribution in [0.15, 0.2) is 12.1 Å². The van der Waals surface area contributed by atoms with Gasteiger partial charge in [-0.2, -0.15) is 0 Å². The van der Waals surface area contributed by atoms with Crippen LogP contribution in [0.4, 0.5) is 0 Å². The van der Waals surface area contributed by atoms with E-state index >= 15 is 0 Å². The third-order valence-electron chi connectivity index (χ3n) is 2.63. The van der Waals surface area contributed by atoms with Gasteiger partial charge in [0.2, 0.25) is 0 Å². The molecule has 0 amide bonds. The van der Waals surface area contributed by atoms with Crippen LogP contribution in [-0.4, -0.2) is 25.7 Å². The van der Waals surface area contributed by atoms with Crippen molar-refractivity contribution in [2.24, 2.45) is 0 Å². The highest BCUT2D eigenvalue weighted by Gasteiger charge is 2.26. The van der Waals surface area contributed by atoms with Gasteiger partial charge in [-0.25, -0.2) is 4.98 Å². The quantitative estimate of drug-likeness (QED) is 0.914. The second kappa shape index (κ2) is 4.67. The zero-order valence-corrected chi connectivity index (χ0v) is 11.8.